The third kappa shape index (κ3) is 4.09. The van der Waals surface area contributed by atoms with Gasteiger partial charge < -0.3 is 0 Å². The molecule has 0 saturated carbocycles. The Balaban J connectivity index is 0.000000160. The molecule has 2 heteroatoms. The highest BCUT2D eigenvalue weighted by atomic mass is 14.6. The van der Waals surface area contributed by atoms with Crippen LogP contribution in [0.15, 0.2) is 48.8 Å². The van der Waals surface area contributed by atoms with Gasteiger partial charge in [-0.15, -0.1) is 12.8 Å². The second-order valence-corrected chi connectivity index (χ2v) is 2.72. The predicted octanol–water partition coefficient (Wildman–Crippen LogP) is 2.13. The van der Waals surface area contributed by atoms with Crippen LogP contribution < -0.4 is 0 Å². The Hall–Kier alpha value is -2.58. The predicted molar refractivity (Wildman–Crippen MR) is 64.3 cm³/mol. The molecule has 0 N–H and O–H groups in total. The fourth-order valence-electron chi connectivity index (χ4n) is 0.896. The van der Waals surface area contributed by atoms with E-state index >= 15 is 0 Å². The van der Waals surface area contributed by atoms with Crippen LogP contribution in [0.5, 0.6) is 0 Å². The van der Waals surface area contributed by atoms with Crippen molar-refractivity contribution in [3.8, 4) is 24.7 Å². The smallest absolute Gasteiger partial charge is 0.112 e. The molecular weight excluding hydrogens is 196 g/mol. The van der Waals surface area contributed by atoms with Gasteiger partial charge in [-0.3, -0.25) is 0 Å². The van der Waals surface area contributed by atoms with E-state index < -0.39 is 0 Å². The molecular formula is C14H10N2. The zero-order valence-electron chi connectivity index (χ0n) is 8.67. The van der Waals surface area contributed by atoms with Gasteiger partial charge in [0.2, 0.25) is 0 Å². The van der Waals surface area contributed by atoms with E-state index in [0.29, 0.717) is 11.4 Å². The SMILES string of the molecule is C#Cc1ccccn1.C#Cc1ccccn1. The Morgan fingerprint density at radius 3 is 1.38 bits per heavy atom. The standard InChI is InChI=1S/2C7H5N/c2*1-2-7-5-3-4-6-8-7/h2*1,3-6H. The normalized spacial score (nSPS) is 7.88. The van der Waals surface area contributed by atoms with Crippen molar-refractivity contribution >= 4 is 0 Å². The summed E-state index contributed by atoms with van der Waals surface area (Å²) in [5, 5.41) is 0. The van der Waals surface area contributed by atoms with E-state index in [9.17, 15) is 0 Å². The van der Waals surface area contributed by atoms with Crippen molar-refractivity contribution in [2.45, 2.75) is 0 Å². The van der Waals surface area contributed by atoms with Crippen molar-refractivity contribution in [3.63, 3.8) is 0 Å². The highest BCUT2D eigenvalue weighted by Crippen LogP contribution is 1.87. The van der Waals surface area contributed by atoms with Crippen molar-refractivity contribution in [1.29, 1.82) is 0 Å². The highest BCUT2D eigenvalue weighted by Gasteiger charge is 1.78. The second-order valence-electron chi connectivity index (χ2n) is 2.72. The molecule has 0 fully saturated rings. The van der Waals surface area contributed by atoms with E-state index in [4.69, 9.17) is 12.8 Å². The summed E-state index contributed by atoms with van der Waals surface area (Å²) in [5.74, 6) is 4.83. The summed E-state index contributed by atoms with van der Waals surface area (Å²) in [6, 6.07) is 11.0. The molecule has 0 aliphatic heterocycles. The number of aromatic nitrogens is 2. The van der Waals surface area contributed by atoms with E-state index in [1.54, 1.807) is 24.5 Å². The average Bonchev–Trinajstić information content (AvgIpc) is 2.41. The van der Waals surface area contributed by atoms with Crippen molar-refractivity contribution < 1.29 is 0 Å². The first-order valence-corrected chi connectivity index (χ1v) is 4.62. The van der Waals surface area contributed by atoms with E-state index in [0.717, 1.165) is 0 Å². The minimum atomic E-state index is 0.688. The van der Waals surface area contributed by atoms with E-state index in [-0.39, 0.29) is 0 Å². The first-order chi connectivity index (χ1) is 7.86. The molecule has 2 aromatic heterocycles. The molecule has 0 bridgehead atoms. The lowest BCUT2D eigenvalue weighted by Gasteiger charge is -1.81. The van der Waals surface area contributed by atoms with Gasteiger partial charge in [0.1, 0.15) is 11.4 Å². The van der Waals surface area contributed by atoms with Crippen molar-refractivity contribution in [2.75, 3.05) is 0 Å². The summed E-state index contributed by atoms with van der Waals surface area (Å²) in [7, 11) is 0. The van der Waals surface area contributed by atoms with Crippen LogP contribution in [0.1, 0.15) is 11.4 Å². The van der Waals surface area contributed by atoms with Crippen LogP contribution in [0.25, 0.3) is 0 Å². The Kier molecular flexibility index (Phi) is 4.89. The van der Waals surface area contributed by atoms with Crippen LogP contribution in [0.3, 0.4) is 0 Å². The maximum absolute atomic E-state index is 5.04. The molecule has 0 aliphatic rings. The van der Waals surface area contributed by atoms with Crippen LogP contribution >= 0.6 is 0 Å². The molecule has 0 aliphatic carbocycles. The largest absolute Gasteiger partial charge is 0.248 e. The lowest BCUT2D eigenvalue weighted by Crippen LogP contribution is -1.75. The van der Waals surface area contributed by atoms with Gasteiger partial charge in [0.05, 0.1) is 0 Å². The number of rotatable bonds is 0. The molecule has 16 heavy (non-hydrogen) atoms. The van der Waals surface area contributed by atoms with Gasteiger partial charge in [-0.1, -0.05) is 24.0 Å². The summed E-state index contributed by atoms with van der Waals surface area (Å²) in [6.45, 7) is 0. The quantitative estimate of drug-likeness (QED) is 0.617. The first kappa shape index (κ1) is 11.5. The first-order valence-electron chi connectivity index (χ1n) is 4.62. The number of hydrogen-bond acceptors (Lipinski definition) is 2. The Morgan fingerprint density at radius 2 is 1.19 bits per heavy atom. The third-order valence-corrected chi connectivity index (χ3v) is 1.63. The molecule has 76 valence electrons. The molecule has 2 aromatic rings. The molecule has 0 radical (unpaired) electrons. The van der Waals surface area contributed by atoms with Crippen molar-refractivity contribution in [1.82, 2.24) is 9.97 Å². The fourth-order valence-corrected chi connectivity index (χ4v) is 0.896. The van der Waals surface area contributed by atoms with Crippen LogP contribution in [0.4, 0.5) is 0 Å². The maximum atomic E-state index is 5.04. The number of nitrogens with zero attached hydrogens (tertiary/aromatic N) is 2. The lowest BCUT2D eigenvalue weighted by molar-refractivity contribution is 1.29. The molecule has 0 aromatic carbocycles. The van der Waals surface area contributed by atoms with Gasteiger partial charge >= 0.3 is 0 Å². The summed E-state index contributed by atoms with van der Waals surface area (Å²) in [4.78, 5) is 7.72. The van der Waals surface area contributed by atoms with Crippen LogP contribution in [-0.2, 0) is 0 Å². The van der Waals surface area contributed by atoms with E-state index in [1.165, 1.54) is 0 Å². The molecule has 0 amide bonds. The molecule has 0 atom stereocenters. The summed E-state index contributed by atoms with van der Waals surface area (Å²) in [5.41, 5.74) is 1.38. The zero-order chi connectivity index (χ0) is 11.6. The summed E-state index contributed by atoms with van der Waals surface area (Å²) in [6.07, 6.45) is 13.4. The number of hydrogen-bond donors (Lipinski definition) is 0. The molecule has 2 rings (SSSR count). The van der Waals surface area contributed by atoms with Gasteiger partial charge in [0.25, 0.3) is 0 Å². The minimum Gasteiger partial charge on any atom is -0.248 e. The lowest BCUT2D eigenvalue weighted by atomic mass is 10.4. The highest BCUT2D eigenvalue weighted by molar-refractivity contribution is 5.23. The molecule has 0 unspecified atom stereocenters. The third-order valence-electron chi connectivity index (χ3n) is 1.63. The summed E-state index contributed by atoms with van der Waals surface area (Å²) >= 11 is 0. The monoisotopic (exact) mass is 206 g/mol. The van der Waals surface area contributed by atoms with Gasteiger partial charge in [-0.05, 0) is 24.3 Å². The second kappa shape index (κ2) is 6.81. The molecule has 0 saturated heterocycles. The number of terminal acetylenes is 2. The molecule has 0 spiro atoms. The Labute approximate surface area is 95.4 Å². The maximum Gasteiger partial charge on any atom is 0.112 e. The van der Waals surface area contributed by atoms with Crippen LogP contribution in [0, 0.1) is 24.7 Å². The van der Waals surface area contributed by atoms with Gasteiger partial charge in [0.15, 0.2) is 0 Å². The van der Waals surface area contributed by atoms with E-state index in [1.807, 2.05) is 24.3 Å². The summed E-state index contributed by atoms with van der Waals surface area (Å²) < 4.78 is 0. The van der Waals surface area contributed by atoms with E-state index in [2.05, 4.69) is 21.8 Å². The minimum absolute atomic E-state index is 0.688. The topological polar surface area (TPSA) is 25.8 Å². The Bertz CT molecular complexity index is 440. The van der Waals surface area contributed by atoms with Gasteiger partial charge in [-0.25, -0.2) is 9.97 Å². The van der Waals surface area contributed by atoms with Crippen LogP contribution in [0.2, 0.25) is 0 Å². The van der Waals surface area contributed by atoms with Crippen molar-refractivity contribution in [2.24, 2.45) is 0 Å². The average molecular weight is 206 g/mol. The van der Waals surface area contributed by atoms with Gasteiger partial charge in [0, 0.05) is 12.4 Å². The molecule has 2 nitrogen and oxygen atoms in total. The van der Waals surface area contributed by atoms with Crippen molar-refractivity contribution in [3.05, 3.63) is 60.2 Å². The fraction of sp³-hybridized carbons (Fsp3) is 0. The molecule has 2 heterocycles. The van der Waals surface area contributed by atoms with Crippen LogP contribution in [-0.4, -0.2) is 9.97 Å². The zero-order valence-corrected chi connectivity index (χ0v) is 8.67. The Morgan fingerprint density at radius 1 is 0.750 bits per heavy atom. The van der Waals surface area contributed by atoms with Gasteiger partial charge in [-0.2, -0.15) is 0 Å². The number of pyridine rings is 2.